The molecule has 0 spiro atoms. The normalized spacial score (nSPS) is 14.1. The summed E-state index contributed by atoms with van der Waals surface area (Å²) in [6, 6.07) is 5.18. The number of hydrogen-bond donors (Lipinski definition) is 0. The maximum absolute atomic E-state index is 13.7. The molecule has 3 aromatic rings. The molecule has 14 heteroatoms. The molecule has 0 N–H and O–H groups in total. The van der Waals surface area contributed by atoms with Crippen LogP contribution in [0.15, 0.2) is 42.7 Å². The quantitative estimate of drug-likeness (QED) is 0.128. The highest BCUT2D eigenvalue weighted by Crippen LogP contribution is 2.37. The van der Waals surface area contributed by atoms with Gasteiger partial charge in [0, 0.05) is 31.5 Å². The summed E-state index contributed by atoms with van der Waals surface area (Å²) in [6.07, 6.45) is -0.553. The fourth-order valence-corrected chi connectivity index (χ4v) is 5.64. The molecule has 0 bridgehead atoms. The molecule has 2 aromatic heterocycles. The molecule has 0 saturated heterocycles. The Morgan fingerprint density at radius 2 is 1.56 bits per heavy atom. The van der Waals surface area contributed by atoms with E-state index in [2.05, 4.69) is 19.9 Å². The van der Waals surface area contributed by atoms with Crippen LogP contribution in [-0.2, 0) is 25.4 Å². The van der Waals surface area contributed by atoms with E-state index < -0.39 is 23.5 Å². The van der Waals surface area contributed by atoms with Crippen LogP contribution in [0.5, 0.6) is 11.6 Å². The summed E-state index contributed by atoms with van der Waals surface area (Å²) < 4.78 is 93.2. The van der Waals surface area contributed by atoms with E-state index in [1.165, 1.54) is 37.2 Å². The maximum atomic E-state index is 13.7. The van der Waals surface area contributed by atoms with Gasteiger partial charge >= 0.3 is 12.4 Å². The van der Waals surface area contributed by atoms with Gasteiger partial charge in [0.1, 0.15) is 0 Å². The topological polar surface area (TPSA) is 63.6 Å². The first kappa shape index (κ1) is 34.5. The Balaban J connectivity index is 1.75. The number of anilines is 2. The number of ether oxygens (including phenoxy) is 2. The summed E-state index contributed by atoms with van der Waals surface area (Å²) >= 11 is 1.60. The zero-order valence-electron chi connectivity index (χ0n) is 25.4. The molecular weight excluding hydrogens is 620 g/mol. The Hall–Kier alpha value is -3.42. The number of benzene rings is 1. The average Bonchev–Trinajstić information content (AvgIpc) is 3.52. The molecule has 0 atom stereocenters. The molecule has 0 radical (unpaired) electrons. The number of rotatable bonds is 14. The standard InChI is InChI=1S/C31H37F6N5O2S/c1-4-41(18-21-7-5-6-8-21)27-9-10-28(43-2)40-26(27)20-42(29-38-16-25(17-39-29)44-11-12-45-3)19-22-13-23(30(32,33)34)15-24(14-22)31(35,36)37/h9-10,13-17,21H,4-8,11-12,18-20H2,1-3H3. The van der Waals surface area contributed by atoms with Crippen LogP contribution in [0.3, 0.4) is 0 Å². The van der Waals surface area contributed by atoms with Crippen LogP contribution in [0.25, 0.3) is 0 Å². The molecule has 2 heterocycles. The minimum absolute atomic E-state index is 0.0159. The molecule has 4 rings (SSSR count). The lowest BCUT2D eigenvalue weighted by Crippen LogP contribution is -2.31. The molecule has 0 amide bonds. The Morgan fingerprint density at radius 1 is 0.911 bits per heavy atom. The van der Waals surface area contributed by atoms with E-state index in [4.69, 9.17) is 9.47 Å². The first-order chi connectivity index (χ1) is 21.4. The molecule has 1 aliphatic rings. The SMILES string of the molecule is CCN(CC1CCCC1)c1ccc(OC)nc1CN(Cc1cc(C(F)(F)F)cc(C(F)(F)F)c1)c1ncc(OCCSC)cn1. The smallest absolute Gasteiger partial charge is 0.416 e. The Morgan fingerprint density at radius 3 is 2.11 bits per heavy atom. The zero-order chi connectivity index (χ0) is 32.6. The van der Waals surface area contributed by atoms with Crippen molar-refractivity contribution in [2.45, 2.75) is 58.0 Å². The number of aromatic nitrogens is 3. The molecule has 1 aromatic carbocycles. The van der Waals surface area contributed by atoms with Crippen LogP contribution in [0.4, 0.5) is 38.0 Å². The van der Waals surface area contributed by atoms with E-state index in [1.807, 2.05) is 19.2 Å². The fourth-order valence-electron chi connectivity index (χ4n) is 5.39. The molecule has 1 saturated carbocycles. The van der Waals surface area contributed by atoms with E-state index >= 15 is 0 Å². The van der Waals surface area contributed by atoms with Gasteiger partial charge < -0.3 is 19.3 Å². The highest BCUT2D eigenvalue weighted by atomic mass is 32.2. The van der Waals surface area contributed by atoms with Gasteiger partial charge in [0.2, 0.25) is 11.8 Å². The lowest BCUT2D eigenvalue weighted by atomic mass is 10.0. The summed E-state index contributed by atoms with van der Waals surface area (Å²) in [6.45, 7) is 3.56. The van der Waals surface area contributed by atoms with Crippen molar-refractivity contribution in [3.63, 3.8) is 0 Å². The lowest BCUT2D eigenvalue weighted by Gasteiger charge is -2.30. The Bertz CT molecular complexity index is 1350. The third-order valence-corrected chi connectivity index (χ3v) is 8.20. The number of hydrogen-bond acceptors (Lipinski definition) is 8. The predicted octanol–water partition coefficient (Wildman–Crippen LogP) is 7.88. The van der Waals surface area contributed by atoms with Gasteiger partial charge in [-0.1, -0.05) is 12.8 Å². The molecule has 246 valence electrons. The van der Waals surface area contributed by atoms with Gasteiger partial charge in [0.15, 0.2) is 5.75 Å². The summed E-state index contributed by atoms with van der Waals surface area (Å²) in [4.78, 5) is 17.1. The number of nitrogens with zero attached hydrogens (tertiary/aromatic N) is 5. The van der Waals surface area contributed by atoms with Gasteiger partial charge in [0.25, 0.3) is 0 Å². The molecule has 7 nitrogen and oxygen atoms in total. The highest BCUT2D eigenvalue weighted by Gasteiger charge is 2.37. The van der Waals surface area contributed by atoms with Crippen LogP contribution in [0.2, 0.25) is 0 Å². The first-order valence-corrected chi connectivity index (χ1v) is 16.1. The van der Waals surface area contributed by atoms with Gasteiger partial charge in [-0.25, -0.2) is 15.0 Å². The van der Waals surface area contributed by atoms with E-state index in [0.29, 0.717) is 36.4 Å². The predicted molar refractivity (Wildman–Crippen MR) is 163 cm³/mol. The van der Waals surface area contributed by atoms with Gasteiger partial charge in [-0.05, 0) is 61.8 Å². The monoisotopic (exact) mass is 657 g/mol. The van der Waals surface area contributed by atoms with Gasteiger partial charge in [0.05, 0.1) is 55.2 Å². The van der Waals surface area contributed by atoms with E-state index in [9.17, 15) is 26.3 Å². The maximum Gasteiger partial charge on any atom is 0.416 e. The van der Waals surface area contributed by atoms with Gasteiger partial charge in [-0.3, -0.25) is 0 Å². The number of alkyl halides is 6. The largest absolute Gasteiger partial charge is 0.489 e. The fraction of sp³-hybridized carbons (Fsp3) is 0.516. The minimum atomic E-state index is -4.98. The molecule has 1 aliphatic carbocycles. The number of methoxy groups -OCH3 is 1. The van der Waals surface area contributed by atoms with Crippen molar-refractivity contribution in [1.82, 2.24) is 15.0 Å². The van der Waals surface area contributed by atoms with Crippen molar-refractivity contribution in [3.8, 4) is 11.6 Å². The highest BCUT2D eigenvalue weighted by molar-refractivity contribution is 7.98. The molecule has 0 unspecified atom stereocenters. The Kier molecular flexibility index (Phi) is 11.7. The summed E-state index contributed by atoms with van der Waals surface area (Å²) in [7, 11) is 1.47. The van der Waals surface area contributed by atoms with Gasteiger partial charge in [-0.2, -0.15) is 38.1 Å². The number of pyridine rings is 1. The zero-order valence-corrected chi connectivity index (χ0v) is 26.2. The third kappa shape index (κ3) is 9.54. The molecule has 1 fully saturated rings. The van der Waals surface area contributed by atoms with Crippen molar-refractivity contribution in [2.24, 2.45) is 5.92 Å². The Labute approximate surface area is 263 Å². The summed E-state index contributed by atoms with van der Waals surface area (Å²) in [5, 5.41) is 0. The summed E-state index contributed by atoms with van der Waals surface area (Å²) in [5.74, 6) is 2.06. The van der Waals surface area contributed by atoms with E-state index in [0.717, 1.165) is 43.0 Å². The number of thioether (sulfide) groups is 1. The summed E-state index contributed by atoms with van der Waals surface area (Å²) in [5.41, 5.74) is -1.66. The molecule has 0 aliphatic heterocycles. The van der Waals surface area contributed by atoms with E-state index in [1.54, 1.807) is 17.8 Å². The number of halogens is 6. The first-order valence-electron chi connectivity index (χ1n) is 14.7. The molecule has 45 heavy (non-hydrogen) atoms. The van der Waals surface area contributed by atoms with E-state index in [-0.39, 0.29) is 30.7 Å². The van der Waals surface area contributed by atoms with Crippen LogP contribution in [-0.4, -0.2) is 53.8 Å². The minimum Gasteiger partial charge on any atom is -0.489 e. The second kappa shape index (κ2) is 15.2. The van der Waals surface area contributed by atoms with Crippen molar-refractivity contribution in [1.29, 1.82) is 0 Å². The van der Waals surface area contributed by atoms with Crippen molar-refractivity contribution in [2.75, 3.05) is 48.6 Å². The third-order valence-electron chi connectivity index (χ3n) is 7.62. The van der Waals surface area contributed by atoms with Crippen LogP contribution >= 0.6 is 11.8 Å². The van der Waals surface area contributed by atoms with Crippen LogP contribution in [0.1, 0.15) is 55.0 Å². The van der Waals surface area contributed by atoms with Crippen molar-refractivity contribution >= 4 is 23.4 Å². The van der Waals surface area contributed by atoms with Gasteiger partial charge in [-0.15, -0.1) is 0 Å². The second-order valence-electron chi connectivity index (χ2n) is 10.8. The molecular formula is C31H37F6N5O2S. The van der Waals surface area contributed by atoms with Crippen LogP contribution < -0.4 is 19.3 Å². The second-order valence-corrected chi connectivity index (χ2v) is 11.8. The van der Waals surface area contributed by atoms with Crippen molar-refractivity contribution < 1.29 is 35.8 Å². The lowest BCUT2D eigenvalue weighted by molar-refractivity contribution is -0.143. The average molecular weight is 658 g/mol. The van der Waals surface area contributed by atoms with Crippen LogP contribution in [0, 0.1) is 5.92 Å². The van der Waals surface area contributed by atoms with Crippen molar-refractivity contribution in [3.05, 3.63) is 65.1 Å².